The zero-order chi connectivity index (χ0) is 11.5. The van der Waals surface area contributed by atoms with Gasteiger partial charge in [0.25, 0.3) is 0 Å². The van der Waals surface area contributed by atoms with Crippen LogP contribution in [0.25, 0.3) is 0 Å². The second-order valence-electron chi connectivity index (χ2n) is 4.42. The van der Waals surface area contributed by atoms with Crippen molar-refractivity contribution in [2.24, 2.45) is 0 Å². The standard InChI is InChI=1S/C8H12ClNO4S/c1-7(2)8(3-4-14-7)5-6(11)10(8)15(9,12)13/h3-5H2,1-2H3. The van der Waals surface area contributed by atoms with Crippen LogP contribution >= 0.6 is 10.7 Å². The molecule has 15 heavy (non-hydrogen) atoms. The van der Waals surface area contributed by atoms with Crippen molar-refractivity contribution in [2.45, 2.75) is 37.8 Å². The number of halogens is 1. The minimum absolute atomic E-state index is 0.186. The first kappa shape index (κ1) is 11.2. The maximum atomic E-state index is 11.3. The van der Waals surface area contributed by atoms with E-state index in [-0.39, 0.29) is 6.42 Å². The van der Waals surface area contributed by atoms with Crippen molar-refractivity contribution in [3.63, 3.8) is 0 Å². The van der Waals surface area contributed by atoms with Crippen LogP contribution in [0.2, 0.25) is 0 Å². The molecule has 0 aromatic heterocycles. The van der Waals surface area contributed by atoms with Gasteiger partial charge >= 0.3 is 9.24 Å². The normalized spacial score (nSPS) is 34.6. The lowest BCUT2D eigenvalue weighted by Crippen LogP contribution is -2.71. The smallest absolute Gasteiger partial charge is 0.324 e. The van der Waals surface area contributed by atoms with Gasteiger partial charge in [0.15, 0.2) is 0 Å². The largest absolute Gasteiger partial charge is 0.373 e. The summed E-state index contributed by atoms with van der Waals surface area (Å²) in [6.07, 6.45) is 0.698. The monoisotopic (exact) mass is 253 g/mol. The molecule has 2 aliphatic rings. The second kappa shape index (κ2) is 2.87. The van der Waals surface area contributed by atoms with E-state index in [1.54, 1.807) is 13.8 Å². The van der Waals surface area contributed by atoms with E-state index in [1.807, 2.05) is 0 Å². The molecule has 5 nitrogen and oxygen atoms in total. The van der Waals surface area contributed by atoms with Gasteiger partial charge in [-0.2, -0.15) is 8.42 Å². The lowest BCUT2D eigenvalue weighted by atomic mass is 9.73. The first-order chi connectivity index (χ1) is 6.71. The van der Waals surface area contributed by atoms with Crippen molar-refractivity contribution in [3.8, 4) is 0 Å². The lowest BCUT2D eigenvalue weighted by Gasteiger charge is -2.52. The Morgan fingerprint density at radius 1 is 1.47 bits per heavy atom. The quantitative estimate of drug-likeness (QED) is 0.508. The van der Waals surface area contributed by atoms with Gasteiger partial charge in [0, 0.05) is 17.3 Å². The Bertz CT molecular complexity index is 418. The summed E-state index contributed by atoms with van der Waals surface area (Å²) in [6, 6.07) is 0. The molecule has 0 aromatic carbocycles. The Morgan fingerprint density at radius 3 is 2.40 bits per heavy atom. The predicted molar refractivity (Wildman–Crippen MR) is 53.6 cm³/mol. The van der Waals surface area contributed by atoms with E-state index in [4.69, 9.17) is 15.4 Å². The topological polar surface area (TPSA) is 63.7 Å². The number of ether oxygens (including phenoxy) is 1. The highest BCUT2D eigenvalue weighted by Crippen LogP contribution is 2.51. The summed E-state index contributed by atoms with van der Waals surface area (Å²) in [5.74, 6) is -0.455. The van der Waals surface area contributed by atoms with Gasteiger partial charge in [-0.05, 0) is 20.3 Å². The second-order valence-corrected chi connectivity index (χ2v) is 6.78. The van der Waals surface area contributed by atoms with Gasteiger partial charge in [0.2, 0.25) is 5.91 Å². The number of rotatable bonds is 1. The third-order valence-electron chi connectivity index (χ3n) is 3.38. The van der Waals surface area contributed by atoms with E-state index in [1.165, 1.54) is 0 Å². The molecule has 2 saturated heterocycles. The summed E-state index contributed by atoms with van der Waals surface area (Å²) >= 11 is 0. The van der Waals surface area contributed by atoms with Gasteiger partial charge in [-0.15, -0.1) is 0 Å². The predicted octanol–water partition coefficient (Wildman–Crippen LogP) is 0.640. The summed E-state index contributed by atoms with van der Waals surface area (Å²) in [6.45, 7) is 4.01. The van der Waals surface area contributed by atoms with E-state index >= 15 is 0 Å². The molecule has 1 amide bonds. The molecule has 0 N–H and O–H groups in total. The molecule has 0 radical (unpaired) electrons. The van der Waals surface area contributed by atoms with Gasteiger partial charge in [0.1, 0.15) is 0 Å². The van der Waals surface area contributed by atoms with Crippen LogP contribution in [0.3, 0.4) is 0 Å². The molecule has 2 aliphatic heterocycles. The van der Waals surface area contributed by atoms with E-state index in [0.717, 1.165) is 4.31 Å². The van der Waals surface area contributed by atoms with E-state index < -0.39 is 26.3 Å². The summed E-state index contributed by atoms with van der Waals surface area (Å²) in [4.78, 5) is 11.3. The molecular weight excluding hydrogens is 242 g/mol. The van der Waals surface area contributed by atoms with Crippen LogP contribution in [0.15, 0.2) is 0 Å². The van der Waals surface area contributed by atoms with Crippen molar-refractivity contribution >= 4 is 25.8 Å². The van der Waals surface area contributed by atoms with E-state index in [2.05, 4.69) is 0 Å². The molecular formula is C8H12ClNO4S. The van der Waals surface area contributed by atoms with Crippen molar-refractivity contribution in [2.75, 3.05) is 6.61 Å². The number of β-lactam (4-membered cyclic amide) rings is 1. The van der Waals surface area contributed by atoms with Crippen LogP contribution in [0.4, 0.5) is 0 Å². The minimum atomic E-state index is -4.00. The Labute approximate surface area is 92.9 Å². The number of hydrogen-bond donors (Lipinski definition) is 0. The maximum Gasteiger partial charge on any atom is 0.324 e. The Hall–Kier alpha value is -0.330. The summed E-state index contributed by atoms with van der Waals surface area (Å²) in [7, 11) is 1.25. The third kappa shape index (κ3) is 1.31. The van der Waals surface area contributed by atoms with Gasteiger partial charge in [-0.1, -0.05) is 0 Å². The number of carbonyl (C=O) groups excluding carboxylic acids is 1. The van der Waals surface area contributed by atoms with E-state index in [0.29, 0.717) is 13.0 Å². The highest BCUT2D eigenvalue weighted by Gasteiger charge is 2.66. The summed E-state index contributed by atoms with van der Waals surface area (Å²) in [5.41, 5.74) is -1.44. The fourth-order valence-electron chi connectivity index (χ4n) is 2.43. The zero-order valence-electron chi connectivity index (χ0n) is 8.49. The zero-order valence-corrected chi connectivity index (χ0v) is 10.1. The first-order valence-corrected chi connectivity index (χ1v) is 6.89. The molecule has 2 rings (SSSR count). The molecule has 2 heterocycles. The van der Waals surface area contributed by atoms with E-state index in [9.17, 15) is 13.2 Å². The van der Waals surface area contributed by atoms with Crippen molar-refractivity contribution < 1.29 is 17.9 Å². The lowest BCUT2D eigenvalue weighted by molar-refractivity contribution is -0.156. The Morgan fingerprint density at radius 2 is 2.07 bits per heavy atom. The van der Waals surface area contributed by atoms with Crippen LogP contribution in [0.5, 0.6) is 0 Å². The van der Waals surface area contributed by atoms with Gasteiger partial charge in [-0.3, -0.25) is 4.79 Å². The minimum Gasteiger partial charge on any atom is -0.373 e. The van der Waals surface area contributed by atoms with Crippen LogP contribution in [0, 0.1) is 0 Å². The first-order valence-electron chi connectivity index (χ1n) is 4.63. The molecule has 0 aliphatic carbocycles. The number of hydrogen-bond acceptors (Lipinski definition) is 4. The summed E-state index contributed by atoms with van der Waals surface area (Å²) < 4.78 is 28.8. The number of carbonyl (C=O) groups is 1. The Balaban J connectivity index is 2.44. The molecule has 0 aromatic rings. The number of amides is 1. The molecule has 86 valence electrons. The molecule has 0 bridgehead atoms. The Kier molecular flexibility index (Phi) is 2.13. The molecule has 1 atom stereocenters. The third-order valence-corrected chi connectivity index (χ3v) is 4.78. The fraction of sp³-hybridized carbons (Fsp3) is 0.875. The SMILES string of the molecule is CC1(C)OCCC12CC(=O)N2S(=O)(=O)Cl. The molecule has 2 fully saturated rings. The van der Waals surface area contributed by atoms with Crippen LogP contribution in [0.1, 0.15) is 26.7 Å². The maximum absolute atomic E-state index is 11.3. The average molecular weight is 254 g/mol. The van der Waals surface area contributed by atoms with Gasteiger partial charge in [-0.25, -0.2) is 4.31 Å². The van der Waals surface area contributed by atoms with Crippen LogP contribution in [-0.2, 0) is 18.8 Å². The highest BCUT2D eigenvalue weighted by molar-refractivity contribution is 8.12. The molecule has 0 saturated carbocycles. The van der Waals surface area contributed by atoms with Gasteiger partial charge < -0.3 is 4.74 Å². The molecule has 1 unspecified atom stereocenters. The highest BCUT2D eigenvalue weighted by atomic mass is 35.7. The van der Waals surface area contributed by atoms with Gasteiger partial charge in [0.05, 0.1) is 17.6 Å². The average Bonchev–Trinajstić information content (AvgIpc) is 2.23. The van der Waals surface area contributed by atoms with Crippen LogP contribution < -0.4 is 0 Å². The molecule has 1 spiro atoms. The van der Waals surface area contributed by atoms with Crippen molar-refractivity contribution in [1.29, 1.82) is 0 Å². The molecule has 7 heteroatoms. The van der Waals surface area contributed by atoms with Crippen molar-refractivity contribution in [1.82, 2.24) is 4.31 Å². The summed E-state index contributed by atoms with van der Waals surface area (Å²) in [5, 5.41) is 0. The fourth-order valence-corrected chi connectivity index (χ4v) is 4.16. The number of nitrogens with zero attached hydrogens (tertiary/aromatic N) is 1. The van der Waals surface area contributed by atoms with Crippen molar-refractivity contribution in [3.05, 3.63) is 0 Å². The van der Waals surface area contributed by atoms with Crippen LogP contribution in [-0.4, -0.2) is 36.4 Å².